The third kappa shape index (κ3) is 6.35. The molecule has 1 N–H and O–H groups in total. The van der Waals surface area contributed by atoms with Crippen LogP contribution in [0.4, 0.5) is 5.69 Å². The Balaban J connectivity index is 1.93. The first kappa shape index (κ1) is 17.4. The summed E-state index contributed by atoms with van der Waals surface area (Å²) in [6, 6.07) is 18.2. The molecule has 0 aliphatic carbocycles. The molecular weight excluding hydrogens is 282 g/mol. The van der Waals surface area contributed by atoms with E-state index in [0.29, 0.717) is 5.75 Å². The molecule has 0 unspecified atom stereocenters. The number of nitrogens with zero attached hydrogens (tertiary/aromatic N) is 1. The Kier molecular flexibility index (Phi) is 7.51. The molecule has 2 aromatic rings. The molecule has 0 fully saturated rings. The standard InChI is InChI=1S/C21H29NO/c1-2-3-4-5-6-10-17-22(18-19-11-8-7-9-12-19)20-13-15-21(23)16-14-20/h7-9,11-16,23H,2-6,10,17-18H2,1H3. The Labute approximate surface area is 140 Å². The molecule has 0 aromatic heterocycles. The van der Waals surface area contributed by atoms with Crippen LogP contribution in [-0.2, 0) is 6.54 Å². The second-order valence-corrected chi connectivity index (χ2v) is 6.19. The summed E-state index contributed by atoms with van der Waals surface area (Å²) < 4.78 is 0. The second kappa shape index (κ2) is 9.94. The van der Waals surface area contributed by atoms with E-state index in [0.717, 1.165) is 13.1 Å². The van der Waals surface area contributed by atoms with Gasteiger partial charge in [-0.2, -0.15) is 0 Å². The molecule has 0 spiro atoms. The molecule has 0 atom stereocenters. The number of rotatable bonds is 10. The lowest BCUT2D eigenvalue weighted by molar-refractivity contribution is 0.475. The number of unbranched alkanes of at least 4 members (excludes halogenated alkanes) is 5. The molecule has 2 nitrogen and oxygen atoms in total. The Morgan fingerprint density at radius 3 is 2.13 bits per heavy atom. The van der Waals surface area contributed by atoms with Crippen molar-refractivity contribution in [2.24, 2.45) is 0 Å². The Morgan fingerprint density at radius 2 is 1.43 bits per heavy atom. The topological polar surface area (TPSA) is 23.5 Å². The fraction of sp³-hybridized carbons (Fsp3) is 0.429. The SMILES string of the molecule is CCCCCCCCN(Cc1ccccc1)c1ccc(O)cc1. The van der Waals surface area contributed by atoms with Gasteiger partial charge in [0.1, 0.15) is 5.75 Å². The van der Waals surface area contributed by atoms with Gasteiger partial charge >= 0.3 is 0 Å². The first-order valence-corrected chi connectivity index (χ1v) is 8.87. The van der Waals surface area contributed by atoms with E-state index in [2.05, 4.69) is 42.2 Å². The number of phenols is 1. The maximum absolute atomic E-state index is 9.51. The van der Waals surface area contributed by atoms with Gasteiger partial charge in [-0.1, -0.05) is 69.4 Å². The van der Waals surface area contributed by atoms with Crippen LogP contribution in [0.2, 0.25) is 0 Å². The second-order valence-electron chi connectivity index (χ2n) is 6.19. The highest BCUT2D eigenvalue weighted by Gasteiger charge is 2.07. The van der Waals surface area contributed by atoms with E-state index >= 15 is 0 Å². The summed E-state index contributed by atoms with van der Waals surface area (Å²) in [5, 5.41) is 9.51. The molecule has 0 aliphatic heterocycles. The third-order valence-electron chi connectivity index (χ3n) is 4.21. The van der Waals surface area contributed by atoms with E-state index in [1.165, 1.54) is 49.8 Å². The van der Waals surface area contributed by atoms with Crippen molar-refractivity contribution in [2.45, 2.75) is 52.0 Å². The molecular formula is C21H29NO. The average molecular weight is 311 g/mol. The van der Waals surface area contributed by atoms with Crippen LogP contribution in [0.25, 0.3) is 0 Å². The Hall–Kier alpha value is -1.96. The molecule has 0 saturated carbocycles. The van der Waals surface area contributed by atoms with Gasteiger partial charge in [0.15, 0.2) is 0 Å². The molecule has 2 heteroatoms. The number of benzene rings is 2. The summed E-state index contributed by atoms with van der Waals surface area (Å²) in [5.74, 6) is 0.327. The van der Waals surface area contributed by atoms with Crippen LogP contribution < -0.4 is 4.90 Å². The molecule has 2 aromatic carbocycles. The van der Waals surface area contributed by atoms with Crippen molar-refractivity contribution >= 4 is 5.69 Å². The molecule has 0 heterocycles. The predicted octanol–water partition coefficient (Wildman–Crippen LogP) is 5.76. The first-order chi connectivity index (χ1) is 11.3. The van der Waals surface area contributed by atoms with Gasteiger partial charge in [-0.05, 0) is 36.2 Å². The largest absolute Gasteiger partial charge is 0.508 e. The van der Waals surface area contributed by atoms with Crippen LogP contribution in [0, 0.1) is 0 Å². The van der Waals surface area contributed by atoms with Crippen LogP contribution in [0.3, 0.4) is 0 Å². The van der Waals surface area contributed by atoms with Crippen molar-refractivity contribution in [1.82, 2.24) is 0 Å². The molecule has 0 bridgehead atoms. The monoisotopic (exact) mass is 311 g/mol. The fourth-order valence-electron chi connectivity index (χ4n) is 2.85. The number of hydrogen-bond donors (Lipinski definition) is 1. The average Bonchev–Trinajstić information content (AvgIpc) is 2.58. The minimum Gasteiger partial charge on any atom is -0.508 e. The lowest BCUT2D eigenvalue weighted by Gasteiger charge is -2.25. The molecule has 0 aliphatic rings. The zero-order valence-corrected chi connectivity index (χ0v) is 14.2. The Morgan fingerprint density at radius 1 is 0.783 bits per heavy atom. The van der Waals surface area contributed by atoms with E-state index in [4.69, 9.17) is 0 Å². The third-order valence-corrected chi connectivity index (χ3v) is 4.21. The molecule has 23 heavy (non-hydrogen) atoms. The molecule has 2 rings (SSSR count). The van der Waals surface area contributed by atoms with Crippen LogP contribution in [0.5, 0.6) is 5.75 Å². The maximum atomic E-state index is 9.51. The number of hydrogen-bond acceptors (Lipinski definition) is 2. The van der Waals surface area contributed by atoms with Crippen LogP contribution in [0.1, 0.15) is 51.0 Å². The zero-order valence-electron chi connectivity index (χ0n) is 14.2. The predicted molar refractivity (Wildman–Crippen MR) is 99.0 cm³/mol. The summed E-state index contributed by atoms with van der Waals surface area (Å²) in [6.07, 6.45) is 7.86. The number of aromatic hydroxyl groups is 1. The van der Waals surface area contributed by atoms with Crippen molar-refractivity contribution in [2.75, 3.05) is 11.4 Å². The highest BCUT2D eigenvalue weighted by Crippen LogP contribution is 2.21. The van der Waals surface area contributed by atoms with Crippen LogP contribution >= 0.6 is 0 Å². The molecule has 0 saturated heterocycles. The van der Waals surface area contributed by atoms with Crippen molar-refractivity contribution in [3.63, 3.8) is 0 Å². The van der Waals surface area contributed by atoms with Gasteiger partial charge in [0.2, 0.25) is 0 Å². The van der Waals surface area contributed by atoms with Gasteiger partial charge in [-0.25, -0.2) is 0 Å². The lowest BCUT2D eigenvalue weighted by atomic mass is 10.1. The quantitative estimate of drug-likeness (QED) is 0.564. The number of phenolic OH excluding ortho intramolecular Hbond substituents is 1. The van der Waals surface area contributed by atoms with E-state index in [1.807, 2.05) is 12.1 Å². The summed E-state index contributed by atoms with van der Waals surface area (Å²) in [7, 11) is 0. The van der Waals surface area contributed by atoms with Crippen molar-refractivity contribution in [3.05, 3.63) is 60.2 Å². The van der Waals surface area contributed by atoms with Gasteiger partial charge in [-0.3, -0.25) is 0 Å². The lowest BCUT2D eigenvalue weighted by Crippen LogP contribution is -2.23. The van der Waals surface area contributed by atoms with Gasteiger partial charge < -0.3 is 10.0 Å². The smallest absolute Gasteiger partial charge is 0.115 e. The summed E-state index contributed by atoms with van der Waals surface area (Å²) in [5.41, 5.74) is 2.51. The minimum atomic E-state index is 0.327. The molecule has 0 radical (unpaired) electrons. The maximum Gasteiger partial charge on any atom is 0.115 e. The van der Waals surface area contributed by atoms with E-state index in [9.17, 15) is 5.11 Å². The minimum absolute atomic E-state index is 0.327. The summed E-state index contributed by atoms with van der Waals surface area (Å²) in [4.78, 5) is 2.41. The summed E-state index contributed by atoms with van der Waals surface area (Å²) >= 11 is 0. The van der Waals surface area contributed by atoms with Gasteiger partial charge in [0.25, 0.3) is 0 Å². The zero-order chi connectivity index (χ0) is 16.3. The van der Waals surface area contributed by atoms with E-state index in [1.54, 1.807) is 12.1 Å². The van der Waals surface area contributed by atoms with Crippen molar-refractivity contribution in [3.8, 4) is 5.75 Å². The van der Waals surface area contributed by atoms with Gasteiger partial charge in [0.05, 0.1) is 0 Å². The number of anilines is 1. The summed E-state index contributed by atoms with van der Waals surface area (Å²) in [6.45, 7) is 4.23. The highest BCUT2D eigenvalue weighted by molar-refractivity contribution is 5.49. The normalized spacial score (nSPS) is 10.7. The molecule has 124 valence electrons. The molecule has 0 amide bonds. The fourth-order valence-corrected chi connectivity index (χ4v) is 2.85. The van der Waals surface area contributed by atoms with E-state index in [-0.39, 0.29) is 0 Å². The van der Waals surface area contributed by atoms with Crippen molar-refractivity contribution in [1.29, 1.82) is 0 Å². The van der Waals surface area contributed by atoms with Crippen molar-refractivity contribution < 1.29 is 5.11 Å². The van der Waals surface area contributed by atoms with Crippen LogP contribution in [0.15, 0.2) is 54.6 Å². The highest BCUT2D eigenvalue weighted by atomic mass is 16.3. The van der Waals surface area contributed by atoms with Crippen LogP contribution in [-0.4, -0.2) is 11.7 Å². The van der Waals surface area contributed by atoms with Gasteiger partial charge in [-0.15, -0.1) is 0 Å². The first-order valence-electron chi connectivity index (χ1n) is 8.87. The van der Waals surface area contributed by atoms with E-state index < -0.39 is 0 Å². The van der Waals surface area contributed by atoms with Gasteiger partial charge in [0, 0.05) is 18.8 Å². The Bertz CT molecular complexity index is 536.